The molecule has 184 valence electrons. The molecule has 0 unspecified atom stereocenters. The minimum absolute atomic E-state index is 0.196. The van der Waals surface area contributed by atoms with E-state index >= 15 is 0 Å². The minimum atomic E-state index is -0.589. The van der Waals surface area contributed by atoms with E-state index in [1.165, 1.54) is 0 Å². The molecule has 1 saturated heterocycles. The van der Waals surface area contributed by atoms with Crippen LogP contribution >= 0.6 is 0 Å². The van der Waals surface area contributed by atoms with Crippen molar-refractivity contribution in [1.82, 2.24) is 9.80 Å². The van der Waals surface area contributed by atoms with E-state index < -0.39 is 5.60 Å². The number of carbonyl (C=O) groups excluding carboxylic acids is 2. The summed E-state index contributed by atoms with van der Waals surface area (Å²) in [5, 5.41) is 3.37. The summed E-state index contributed by atoms with van der Waals surface area (Å²) in [4.78, 5) is 29.0. The van der Waals surface area contributed by atoms with E-state index in [0.29, 0.717) is 32.6 Å². The lowest BCUT2D eigenvalue weighted by Crippen LogP contribution is -2.57. The fraction of sp³-hybridized carbons (Fsp3) is 0.462. The summed E-state index contributed by atoms with van der Waals surface area (Å²) in [6.45, 7) is 7.57. The number of anilines is 1. The van der Waals surface area contributed by atoms with Crippen molar-refractivity contribution in [3.63, 3.8) is 0 Å². The van der Waals surface area contributed by atoms with Crippen molar-refractivity contribution in [2.24, 2.45) is 0 Å². The zero-order valence-corrected chi connectivity index (χ0v) is 20.5. The highest BCUT2D eigenvalue weighted by Gasteiger charge is 2.35. The molecule has 2 aromatic rings. The lowest BCUT2D eigenvalue weighted by molar-refractivity contribution is -0.00386. The van der Waals surface area contributed by atoms with E-state index in [2.05, 4.69) is 5.32 Å². The highest BCUT2D eigenvalue weighted by Crippen LogP contribution is 2.20. The maximum atomic E-state index is 12.8. The van der Waals surface area contributed by atoms with Gasteiger partial charge in [-0.2, -0.15) is 0 Å². The summed E-state index contributed by atoms with van der Waals surface area (Å²) in [6.07, 6.45) is -0.0895. The molecule has 3 rings (SSSR count). The summed E-state index contributed by atoms with van der Waals surface area (Å²) in [6, 6.07) is 17.1. The van der Waals surface area contributed by atoms with Gasteiger partial charge < -0.3 is 29.3 Å². The van der Waals surface area contributed by atoms with Crippen LogP contribution in [-0.2, 0) is 16.1 Å². The number of nitrogens with zero attached hydrogens (tertiary/aromatic N) is 2. The molecule has 0 spiro atoms. The predicted molar refractivity (Wildman–Crippen MR) is 131 cm³/mol. The summed E-state index contributed by atoms with van der Waals surface area (Å²) in [7, 11) is 1.63. The van der Waals surface area contributed by atoms with Gasteiger partial charge in [0, 0.05) is 31.9 Å². The second-order valence-electron chi connectivity index (χ2n) is 9.26. The van der Waals surface area contributed by atoms with Crippen LogP contribution in [0.3, 0.4) is 0 Å². The molecule has 1 N–H and O–H groups in total. The van der Waals surface area contributed by atoms with Crippen molar-refractivity contribution in [2.75, 3.05) is 38.6 Å². The largest absolute Gasteiger partial charge is 0.497 e. The van der Waals surface area contributed by atoms with Crippen LogP contribution < -0.4 is 10.1 Å². The molecule has 1 atom stereocenters. The maximum Gasteiger partial charge on any atom is 0.410 e. The predicted octanol–water partition coefficient (Wildman–Crippen LogP) is 4.76. The highest BCUT2D eigenvalue weighted by molar-refractivity contribution is 5.71. The van der Waals surface area contributed by atoms with Gasteiger partial charge in [0.05, 0.1) is 13.2 Å². The van der Waals surface area contributed by atoms with E-state index in [1.54, 1.807) is 16.9 Å². The third kappa shape index (κ3) is 7.57. The van der Waals surface area contributed by atoms with E-state index in [4.69, 9.17) is 14.2 Å². The van der Waals surface area contributed by atoms with Crippen molar-refractivity contribution in [2.45, 2.75) is 45.4 Å². The van der Waals surface area contributed by atoms with E-state index in [-0.39, 0.29) is 24.8 Å². The second kappa shape index (κ2) is 11.6. The maximum absolute atomic E-state index is 12.8. The van der Waals surface area contributed by atoms with Crippen molar-refractivity contribution in [1.29, 1.82) is 0 Å². The Morgan fingerprint density at radius 2 is 1.71 bits per heavy atom. The summed E-state index contributed by atoms with van der Waals surface area (Å²) < 4.78 is 16.3. The smallest absolute Gasteiger partial charge is 0.410 e. The zero-order valence-electron chi connectivity index (χ0n) is 20.5. The molecule has 1 aliphatic heterocycles. The van der Waals surface area contributed by atoms with Gasteiger partial charge in [0.1, 0.15) is 18.0 Å². The lowest BCUT2D eigenvalue weighted by Gasteiger charge is -2.41. The normalized spacial score (nSPS) is 16.1. The van der Waals surface area contributed by atoms with Gasteiger partial charge in [-0.3, -0.25) is 0 Å². The Hall–Kier alpha value is -3.42. The third-order valence-electron chi connectivity index (χ3n) is 5.47. The molecule has 2 aromatic carbocycles. The van der Waals surface area contributed by atoms with Gasteiger partial charge in [-0.15, -0.1) is 0 Å². The molecular formula is C26H35N3O5. The van der Waals surface area contributed by atoms with Gasteiger partial charge in [-0.1, -0.05) is 30.3 Å². The molecule has 2 amide bonds. The first-order valence-corrected chi connectivity index (χ1v) is 11.6. The second-order valence-corrected chi connectivity index (χ2v) is 9.26. The monoisotopic (exact) mass is 469 g/mol. The Morgan fingerprint density at radius 3 is 2.35 bits per heavy atom. The lowest BCUT2D eigenvalue weighted by atomic mass is 10.1. The van der Waals surface area contributed by atoms with Gasteiger partial charge in [0.25, 0.3) is 0 Å². The number of rotatable bonds is 7. The summed E-state index contributed by atoms with van der Waals surface area (Å²) >= 11 is 0. The quantitative estimate of drug-likeness (QED) is 0.630. The average Bonchev–Trinajstić information content (AvgIpc) is 2.82. The molecule has 0 saturated carbocycles. The Bertz CT molecular complexity index is 928. The average molecular weight is 470 g/mol. The third-order valence-corrected chi connectivity index (χ3v) is 5.47. The Balaban J connectivity index is 1.60. The Labute approximate surface area is 201 Å². The number of nitrogens with one attached hydrogen (secondary N) is 1. The number of carbonyl (C=O) groups is 2. The number of hydrogen-bond donors (Lipinski definition) is 1. The topological polar surface area (TPSA) is 80.3 Å². The SMILES string of the molecule is COc1ccc(NCC[C@@H]2CN(C(=O)OCc3ccccc3)CCN2C(=O)OC(C)(C)C)cc1. The Kier molecular flexibility index (Phi) is 8.62. The summed E-state index contributed by atoms with van der Waals surface area (Å²) in [5.41, 5.74) is 1.30. The van der Waals surface area contributed by atoms with Crippen LogP contribution in [0.15, 0.2) is 54.6 Å². The molecule has 0 radical (unpaired) electrons. The van der Waals surface area contributed by atoms with E-state index in [1.807, 2.05) is 75.4 Å². The van der Waals surface area contributed by atoms with E-state index in [0.717, 1.165) is 17.0 Å². The van der Waals surface area contributed by atoms with Crippen LogP contribution in [-0.4, -0.2) is 66.9 Å². The number of piperazine rings is 1. The first kappa shape index (κ1) is 25.2. The molecule has 0 aliphatic carbocycles. The van der Waals surface area contributed by atoms with Crippen LogP contribution in [0.1, 0.15) is 32.8 Å². The van der Waals surface area contributed by atoms with E-state index in [9.17, 15) is 9.59 Å². The number of hydrogen-bond acceptors (Lipinski definition) is 6. The first-order chi connectivity index (χ1) is 16.2. The molecule has 0 aromatic heterocycles. The van der Waals surface area contributed by atoms with Crippen LogP contribution in [0.4, 0.5) is 15.3 Å². The molecule has 8 nitrogen and oxygen atoms in total. The van der Waals surface area contributed by atoms with Crippen molar-refractivity contribution < 1.29 is 23.8 Å². The van der Waals surface area contributed by atoms with Crippen LogP contribution in [0.5, 0.6) is 5.75 Å². The first-order valence-electron chi connectivity index (χ1n) is 11.6. The van der Waals surface area contributed by atoms with Crippen LogP contribution in [0.2, 0.25) is 0 Å². The molecule has 34 heavy (non-hydrogen) atoms. The van der Waals surface area contributed by atoms with Gasteiger partial charge >= 0.3 is 12.2 Å². The number of amides is 2. The van der Waals surface area contributed by atoms with Crippen molar-refractivity contribution in [3.8, 4) is 5.75 Å². The number of ether oxygens (including phenoxy) is 3. The number of methoxy groups -OCH3 is 1. The zero-order chi connectivity index (χ0) is 24.6. The molecule has 0 bridgehead atoms. The fourth-order valence-corrected chi connectivity index (χ4v) is 3.73. The minimum Gasteiger partial charge on any atom is -0.497 e. The van der Waals surface area contributed by atoms with Gasteiger partial charge in [-0.05, 0) is 57.0 Å². The number of benzene rings is 2. The van der Waals surface area contributed by atoms with Gasteiger partial charge in [0.2, 0.25) is 0 Å². The van der Waals surface area contributed by atoms with Crippen LogP contribution in [0.25, 0.3) is 0 Å². The molecule has 1 aliphatic rings. The highest BCUT2D eigenvalue weighted by atomic mass is 16.6. The summed E-state index contributed by atoms with van der Waals surface area (Å²) in [5.74, 6) is 0.790. The van der Waals surface area contributed by atoms with Crippen LogP contribution in [0, 0.1) is 0 Å². The molecule has 8 heteroatoms. The van der Waals surface area contributed by atoms with Gasteiger partial charge in [-0.25, -0.2) is 9.59 Å². The van der Waals surface area contributed by atoms with Crippen molar-refractivity contribution >= 4 is 17.9 Å². The Morgan fingerprint density at radius 1 is 1.00 bits per heavy atom. The molecule has 1 fully saturated rings. The fourth-order valence-electron chi connectivity index (χ4n) is 3.73. The van der Waals surface area contributed by atoms with Gasteiger partial charge in [0.15, 0.2) is 0 Å². The molecular weight excluding hydrogens is 434 g/mol. The van der Waals surface area contributed by atoms with Crippen molar-refractivity contribution in [3.05, 3.63) is 60.2 Å². The molecule has 1 heterocycles. The standard InChI is InChI=1S/C26H35N3O5/c1-26(2,3)34-25(31)29-17-16-28(24(30)33-19-20-8-6-5-7-9-20)18-22(29)14-15-27-21-10-12-23(32-4)13-11-21/h5-13,22,27H,14-19H2,1-4H3/t22-/m1/s1.